The minimum atomic E-state index is -3.60. The van der Waals surface area contributed by atoms with Crippen molar-refractivity contribution in [2.24, 2.45) is 0 Å². The summed E-state index contributed by atoms with van der Waals surface area (Å²) >= 11 is 0. The van der Waals surface area contributed by atoms with Crippen LogP contribution in [0.25, 0.3) is 6.08 Å². The quantitative estimate of drug-likeness (QED) is 0.703. The van der Waals surface area contributed by atoms with Gasteiger partial charge in [-0.15, -0.1) is 0 Å². The number of fused-ring (bicyclic) bond motifs is 1. The number of halogens is 2. The van der Waals surface area contributed by atoms with E-state index in [9.17, 15) is 17.2 Å². The van der Waals surface area contributed by atoms with E-state index in [2.05, 4.69) is 9.46 Å². The van der Waals surface area contributed by atoms with Crippen LogP contribution in [0.3, 0.4) is 0 Å². The minimum absolute atomic E-state index is 0.0804. The van der Waals surface area contributed by atoms with Crippen molar-refractivity contribution in [3.05, 3.63) is 64.1 Å². The van der Waals surface area contributed by atoms with E-state index in [1.54, 1.807) is 12.1 Å². The van der Waals surface area contributed by atoms with E-state index < -0.39 is 16.6 Å². The largest absolute Gasteiger partial charge is 0.435 e. The monoisotopic (exact) mass is 422 g/mol. The summed E-state index contributed by atoms with van der Waals surface area (Å²) < 4.78 is 57.0. The van der Waals surface area contributed by atoms with Crippen molar-refractivity contribution < 1.29 is 21.9 Å². The summed E-state index contributed by atoms with van der Waals surface area (Å²) in [5.74, 6) is 0.0804. The van der Waals surface area contributed by atoms with Gasteiger partial charge in [-0.3, -0.25) is 0 Å². The standard InChI is InChI=1S/C21H24F2N2O3S/c1-25(2)18-7-3-15(4-8-18)11-12-24-29(26,27)20-10-6-16-13-19(28-21(22)23)9-5-17(16)14-20/h3-5,7-9,13-14,21,24H,6,10-12H2,1-2H3. The number of allylic oxidation sites excluding steroid dienone is 1. The van der Waals surface area contributed by atoms with Crippen LogP contribution < -0.4 is 14.4 Å². The second-order valence-corrected chi connectivity index (χ2v) is 8.88. The van der Waals surface area contributed by atoms with Crippen LogP contribution in [-0.4, -0.2) is 35.7 Å². The molecule has 1 aliphatic rings. The van der Waals surface area contributed by atoms with Crippen molar-refractivity contribution in [3.63, 3.8) is 0 Å². The molecule has 0 atom stereocenters. The zero-order valence-corrected chi connectivity index (χ0v) is 17.2. The predicted molar refractivity (Wildman–Crippen MR) is 111 cm³/mol. The molecule has 156 valence electrons. The van der Waals surface area contributed by atoms with E-state index in [-0.39, 0.29) is 5.75 Å². The molecular weight excluding hydrogens is 398 g/mol. The van der Waals surface area contributed by atoms with E-state index in [1.165, 1.54) is 12.1 Å². The maximum Gasteiger partial charge on any atom is 0.387 e. The molecule has 0 heterocycles. The zero-order chi connectivity index (χ0) is 21.0. The van der Waals surface area contributed by atoms with Gasteiger partial charge in [-0.25, -0.2) is 13.1 Å². The molecule has 2 aromatic carbocycles. The Morgan fingerprint density at radius 2 is 1.83 bits per heavy atom. The van der Waals surface area contributed by atoms with Gasteiger partial charge in [0.2, 0.25) is 10.0 Å². The number of nitrogens with zero attached hydrogens (tertiary/aromatic N) is 1. The van der Waals surface area contributed by atoms with Gasteiger partial charge in [-0.2, -0.15) is 8.78 Å². The van der Waals surface area contributed by atoms with Crippen LogP contribution in [0.1, 0.15) is 23.1 Å². The lowest BCUT2D eigenvalue weighted by Gasteiger charge is -2.18. The summed E-state index contributed by atoms with van der Waals surface area (Å²) in [6, 6.07) is 12.5. The summed E-state index contributed by atoms with van der Waals surface area (Å²) in [7, 11) is 0.333. The molecule has 2 aromatic rings. The molecule has 0 amide bonds. The number of hydrogen-bond donors (Lipinski definition) is 1. The van der Waals surface area contributed by atoms with E-state index >= 15 is 0 Å². The van der Waals surface area contributed by atoms with Crippen LogP contribution >= 0.6 is 0 Å². The van der Waals surface area contributed by atoms with E-state index in [0.29, 0.717) is 36.3 Å². The molecule has 1 aliphatic carbocycles. The van der Waals surface area contributed by atoms with Crippen LogP contribution in [0.5, 0.6) is 5.75 Å². The highest BCUT2D eigenvalue weighted by Gasteiger charge is 2.22. The number of anilines is 1. The topological polar surface area (TPSA) is 58.6 Å². The lowest BCUT2D eigenvalue weighted by atomic mass is 9.97. The Morgan fingerprint density at radius 3 is 2.48 bits per heavy atom. The second kappa shape index (κ2) is 8.92. The molecule has 1 N–H and O–H groups in total. The molecular formula is C21H24F2N2O3S. The fourth-order valence-electron chi connectivity index (χ4n) is 3.21. The molecule has 0 radical (unpaired) electrons. The first-order valence-corrected chi connectivity index (χ1v) is 10.8. The third-order valence-electron chi connectivity index (χ3n) is 4.80. The van der Waals surface area contributed by atoms with Crippen LogP contribution in [0.15, 0.2) is 47.4 Å². The Labute approximate surface area is 170 Å². The lowest BCUT2D eigenvalue weighted by Crippen LogP contribution is -2.28. The normalized spacial score (nSPS) is 13.8. The van der Waals surface area contributed by atoms with Gasteiger partial charge in [0.05, 0.1) is 4.91 Å². The molecule has 3 rings (SSSR count). The van der Waals surface area contributed by atoms with Gasteiger partial charge in [-0.05, 0) is 66.3 Å². The van der Waals surface area contributed by atoms with Crippen molar-refractivity contribution in [2.75, 3.05) is 25.5 Å². The van der Waals surface area contributed by atoms with E-state index in [0.717, 1.165) is 16.8 Å². The first kappa shape index (κ1) is 21.3. The van der Waals surface area contributed by atoms with Gasteiger partial charge in [-0.1, -0.05) is 18.2 Å². The summed E-state index contributed by atoms with van der Waals surface area (Å²) in [6.45, 7) is -2.58. The number of alkyl halides is 2. The molecule has 0 saturated carbocycles. The van der Waals surface area contributed by atoms with Gasteiger partial charge in [0.1, 0.15) is 5.75 Å². The molecule has 0 unspecified atom stereocenters. The molecule has 0 aromatic heterocycles. The van der Waals surface area contributed by atoms with Crippen molar-refractivity contribution >= 4 is 21.8 Å². The van der Waals surface area contributed by atoms with Crippen LogP contribution in [0.2, 0.25) is 0 Å². The number of nitrogens with one attached hydrogen (secondary N) is 1. The van der Waals surface area contributed by atoms with Crippen molar-refractivity contribution in [3.8, 4) is 5.75 Å². The number of ether oxygens (including phenoxy) is 1. The summed E-state index contributed by atoms with van der Waals surface area (Å²) in [5, 5.41) is 0. The van der Waals surface area contributed by atoms with Crippen LogP contribution in [0, 0.1) is 0 Å². The molecule has 8 heteroatoms. The van der Waals surface area contributed by atoms with Crippen LogP contribution in [-0.2, 0) is 22.9 Å². The zero-order valence-electron chi connectivity index (χ0n) is 16.4. The number of benzene rings is 2. The maximum atomic E-state index is 12.6. The third-order valence-corrected chi connectivity index (χ3v) is 6.40. The summed E-state index contributed by atoms with van der Waals surface area (Å²) in [6.07, 6.45) is 2.96. The molecule has 0 fully saturated rings. The van der Waals surface area contributed by atoms with Crippen molar-refractivity contribution in [1.29, 1.82) is 0 Å². The summed E-state index contributed by atoms with van der Waals surface area (Å²) in [4.78, 5) is 2.30. The highest BCUT2D eigenvalue weighted by atomic mass is 32.2. The first-order valence-electron chi connectivity index (χ1n) is 9.29. The lowest BCUT2D eigenvalue weighted by molar-refractivity contribution is -0.0498. The van der Waals surface area contributed by atoms with Gasteiger partial charge >= 0.3 is 6.61 Å². The predicted octanol–water partition coefficient (Wildman–Crippen LogP) is 3.80. The molecule has 0 bridgehead atoms. The number of aryl methyl sites for hydroxylation is 1. The fourth-order valence-corrected chi connectivity index (χ4v) is 4.42. The van der Waals surface area contributed by atoms with Crippen LogP contribution in [0.4, 0.5) is 14.5 Å². The first-order chi connectivity index (χ1) is 13.7. The highest BCUT2D eigenvalue weighted by molar-refractivity contribution is 7.93. The van der Waals surface area contributed by atoms with Gasteiger partial charge in [0.25, 0.3) is 0 Å². The highest BCUT2D eigenvalue weighted by Crippen LogP contribution is 2.30. The van der Waals surface area contributed by atoms with Crippen molar-refractivity contribution in [1.82, 2.24) is 4.72 Å². The molecule has 5 nitrogen and oxygen atoms in total. The Kier molecular flexibility index (Phi) is 6.54. The van der Waals surface area contributed by atoms with E-state index in [4.69, 9.17) is 0 Å². The minimum Gasteiger partial charge on any atom is -0.435 e. The van der Waals surface area contributed by atoms with E-state index in [1.807, 2.05) is 43.3 Å². The van der Waals surface area contributed by atoms with Gasteiger partial charge < -0.3 is 9.64 Å². The molecule has 0 aliphatic heterocycles. The average molecular weight is 422 g/mol. The SMILES string of the molecule is CN(C)c1ccc(CCNS(=O)(=O)C2=Cc3ccc(OC(F)F)cc3CC2)cc1. The molecule has 0 saturated heterocycles. The molecule has 0 spiro atoms. The van der Waals surface area contributed by atoms with Crippen molar-refractivity contribution in [2.45, 2.75) is 25.9 Å². The van der Waals surface area contributed by atoms with Gasteiger partial charge in [0.15, 0.2) is 0 Å². The fraction of sp³-hybridized carbons (Fsp3) is 0.333. The average Bonchev–Trinajstić information content (AvgIpc) is 2.67. The Hall–Kier alpha value is -2.45. The maximum absolute atomic E-state index is 12.6. The van der Waals surface area contributed by atoms with Gasteiger partial charge in [0, 0.05) is 26.3 Å². The smallest absolute Gasteiger partial charge is 0.387 e. The number of sulfonamides is 1. The number of hydrogen-bond acceptors (Lipinski definition) is 4. The third kappa shape index (κ3) is 5.55. The Bertz CT molecular complexity index is 987. The second-order valence-electron chi connectivity index (χ2n) is 7.06. The molecule has 29 heavy (non-hydrogen) atoms. The Morgan fingerprint density at radius 1 is 1.10 bits per heavy atom. The Balaban J connectivity index is 1.63. The summed E-state index contributed by atoms with van der Waals surface area (Å²) in [5.41, 5.74) is 3.64. The number of rotatable bonds is 8.